The first kappa shape index (κ1) is 13.3. The molecular formula is C14H20N2OS. The Labute approximate surface area is 112 Å². The largest absolute Gasteiger partial charge is 0.466 e. The Balaban J connectivity index is 2.22. The van der Waals surface area contributed by atoms with Crippen molar-refractivity contribution in [2.45, 2.75) is 40.2 Å². The second-order valence-electron chi connectivity index (χ2n) is 4.66. The van der Waals surface area contributed by atoms with Crippen molar-refractivity contribution in [2.75, 3.05) is 7.05 Å². The van der Waals surface area contributed by atoms with E-state index in [9.17, 15) is 0 Å². The summed E-state index contributed by atoms with van der Waals surface area (Å²) in [6.45, 7) is 8.20. The van der Waals surface area contributed by atoms with Gasteiger partial charge in [-0.3, -0.25) is 0 Å². The van der Waals surface area contributed by atoms with Gasteiger partial charge in [0.2, 0.25) is 0 Å². The van der Waals surface area contributed by atoms with E-state index in [0.29, 0.717) is 0 Å². The summed E-state index contributed by atoms with van der Waals surface area (Å²) in [5, 5.41) is 4.54. The lowest BCUT2D eigenvalue weighted by molar-refractivity contribution is 0.490. The maximum absolute atomic E-state index is 5.61. The second kappa shape index (κ2) is 5.24. The first-order valence-electron chi connectivity index (χ1n) is 6.18. The molecule has 18 heavy (non-hydrogen) atoms. The molecule has 0 aliphatic heterocycles. The number of aryl methyl sites for hydroxylation is 4. The summed E-state index contributed by atoms with van der Waals surface area (Å²) in [5.41, 5.74) is 2.38. The Bertz CT molecular complexity index is 522. The summed E-state index contributed by atoms with van der Waals surface area (Å²) >= 11 is 1.78. The number of nitrogens with one attached hydrogen (secondary N) is 1. The van der Waals surface area contributed by atoms with E-state index in [2.05, 4.69) is 30.2 Å². The van der Waals surface area contributed by atoms with Gasteiger partial charge in [0.05, 0.1) is 10.7 Å². The number of hydrogen-bond donors (Lipinski definition) is 1. The van der Waals surface area contributed by atoms with E-state index in [1.54, 1.807) is 11.3 Å². The zero-order valence-corrected chi connectivity index (χ0v) is 12.4. The van der Waals surface area contributed by atoms with Gasteiger partial charge in [0.1, 0.15) is 11.5 Å². The molecule has 0 spiro atoms. The third-order valence-corrected chi connectivity index (χ3v) is 4.35. The molecule has 4 heteroatoms. The number of nitrogens with zero attached hydrogens (tertiary/aromatic N) is 1. The van der Waals surface area contributed by atoms with Crippen LogP contribution in [0, 0.1) is 27.7 Å². The molecule has 1 unspecified atom stereocenters. The second-order valence-corrected chi connectivity index (χ2v) is 5.95. The fourth-order valence-corrected chi connectivity index (χ4v) is 3.14. The summed E-state index contributed by atoms with van der Waals surface area (Å²) in [6, 6.07) is 2.39. The Kier molecular flexibility index (Phi) is 3.88. The lowest BCUT2D eigenvalue weighted by Crippen LogP contribution is -2.19. The summed E-state index contributed by atoms with van der Waals surface area (Å²) < 4.78 is 5.61. The van der Waals surface area contributed by atoms with Crippen LogP contribution in [0.2, 0.25) is 0 Å². The molecule has 0 amide bonds. The van der Waals surface area contributed by atoms with Gasteiger partial charge >= 0.3 is 0 Å². The van der Waals surface area contributed by atoms with Gasteiger partial charge in [-0.15, -0.1) is 11.3 Å². The summed E-state index contributed by atoms with van der Waals surface area (Å²) in [7, 11) is 1.99. The van der Waals surface area contributed by atoms with Crippen LogP contribution in [0.25, 0.3) is 0 Å². The molecule has 0 aliphatic rings. The molecule has 0 fully saturated rings. The number of aromatic nitrogens is 1. The Morgan fingerprint density at radius 1 is 1.33 bits per heavy atom. The minimum Gasteiger partial charge on any atom is -0.466 e. The van der Waals surface area contributed by atoms with Crippen LogP contribution in [-0.4, -0.2) is 12.0 Å². The van der Waals surface area contributed by atoms with Crippen molar-refractivity contribution < 1.29 is 4.42 Å². The van der Waals surface area contributed by atoms with Gasteiger partial charge in [-0.2, -0.15) is 0 Å². The fourth-order valence-electron chi connectivity index (χ4n) is 2.17. The molecule has 0 aromatic carbocycles. The fraction of sp³-hybridized carbons (Fsp3) is 0.500. The van der Waals surface area contributed by atoms with Gasteiger partial charge in [0.25, 0.3) is 0 Å². The van der Waals surface area contributed by atoms with Crippen molar-refractivity contribution in [3.05, 3.63) is 38.7 Å². The van der Waals surface area contributed by atoms with Gasteiger partial charge in [-0.05, 0) is 40.8 Å². The van der Waals surface area contributed by atoms with Crippen LogP contribution < -0.4 is 5.32 Å². The molecule has 98 valence electrons. The van der Waals surface area contributed by atoms with Gasteiger partial charge in [0, 0.05) is 22.9 Å². The van der Waals surface area contributed by atoms with E-state index >= 15 is 0 Å². The first-order chi connectivity index (χ1) is 8.51. The highest BCUT2D eigenvalue weighted by atomic mass is 32.1. The van der Waals surface area contributed by atoms with Crippen molar-refractivity contribution in [3.8, 4) is 0 Å². The number of thiazole rings is 1. The molecule has 2 heterocycles. The molecule has 0 saturated carbocycles. The third kappa shape index (κ3) is 2.65. The van der Waals surface area contributed by atoms with Gasteiger partial charge in [0.15, 0.2) is 0 Å². The molecule has 0 radical (unpaired) electrons. The standard InChI is InChI=1S/C14H20N2OS/c1-8-6-12(10(3)17-8)13(15-5)7-14-16-9(2)11(4)18-14/h6,13,15H,7H2,1-5H3. The molecule has 2 aromatic heterocycles. The zero-order valence-electron chi connectivity index (χ0n) is 11.6. The third-order valence-electron chi connectivity index (χ3n) is 3.25. The molecule has 0 bridgehead atoms. The van der Waals surface area contributed by atoms with Gasteiger partial charge in [-0.25, -0.2) is 4.98 Å². The van der Waals surface area contributed by atoms with Crippen LogP contribution in [-0.2, 0) is 6.42 Å². The monoisotopic (exact) mass is 264 g/mol. The molecule has 3 nitrogen and oxygen atoms in total. The van der Waals surface area contributed by atoms with E-state index in [-0.39, 0.29) is 6.04 Å². The van der Waals surface area contributed by atoms with Crippen LogP contribution in [0.4, 0.5) is 0 Å². The van der Waals surface area contributed by atoms with Crippen LogP contribution >= 0.6 is 11.3 Å². The topological polar surface area (TPSA) is 38.1 Å². The average molecular weight is 264 g/mol. The van der Waals surface area contributed by atoms with E-state index in [4.69, 9.17) is 4.42 Å². The Morgan fingerprint density at radius 2 is 2.06 bits per heavy atom. The smallest absolute Gasteiger partial charge is 0.105 e. The molecule has 0 aliphatic carbocycles. The first-order valence-corrected chi connectivity index (χ1v) is 7.00. The molecule has 1 N–H and O–H groups in total. The van der Waals surface area contributed by atoms with Crippen LogP contribution in [0.3, 0.4) is 0 Å². The van der Waals surface area contributed by atoms with Crippen LogP contribution in [0.5, 0.6) is 0 Å². The Hall–Kier alpha value is -1.13. The van der Waals surface area contributed by atoms with Crippen molar-refractivity contribution in [1.82, 2.24) is 10.3 Å². The van der Waals surface area contributed by atoms with E-state index in [0.717, 1.165) is 23.6 Å². The molecular weight excluding hydrogens is 244 g/mol. The highest BCUT2D eigenvalue weighted by molar-refractivity contribution is 7.11. The normalized spacial score (nSPS) is 12.9. The van der Waals surface area contributed by atoms with Crippen LogP contribution in [0.1, 0.15) is 38.7 Å². The molecule has 2 aromatic rings. The van der Waals surface area contributed by atoms with E-state index in [1.807, 2.05) is 20.9 Å². The lowest BCUT2D eigenvalue weighted by atomic mass is 10.0. The van der Waals surface area contributed by atoms with Crippen molar-refractivity contribution in [1.29, 1.82) is 0 Å². The number of likely N-dealkylation sites (N-methyl/N-ethyl adjacent to an activating group) is 1. The van der Waals surface area contributed by atoms with Gasteiger partial charge < -0.3 is 9.73 Å². The zero-order chi connectivity index (χ0) is 13.3. The van der Waals surface area contributed by atoms with Gasteiger partial charge in [-0.1, -0.05) is 0 Å². The highest BCUT2D eigenvalue weighted by Crippen LogP contribution is 2.27. The minimum atomic E-state index is 0.271. The summed E-state index contributed by atoms with van der Waals surface area (Å²) in [4.78, 5) is 5.91. The number of furan rings is 1. The van der Waals surface area contributed by atoms with E-state index in [1.165, 1.54) is 15.4 Å². The maximum Gasteiger partial charge on any atom is 0.105 e. The minimum absolute atomic E-state index is 0.271. The SMILES string of the molecule is CNC(Cc1nc(C)c(C)s1)c1cc(C)oc1C. The van der Waals surface area contributed by atoms with E-state index < -0.39 is 0 Å². The number of hydrogen-bond acceptors (Lipinski definition) is 4. The number of rotatable bonds is 4. The maximum atomic E-state index is 5.61. The predicted molar refractivity (Wildman–Crippen MR) is 75.3 cm³/mol. The summed E-state index contributed by atoms with van der Waals surface area (Å²) in [5.74, 6) is 1.96. The highest BCUT2D eigenvalue weighted by Gasteiger charge is 2.18. The molecule has 2 rings (SSSR count). The quantitative estimate of drug-likeness (QED) is 0.919. The summed E-state index contributed by atoms with van der Waals surface area (Å²) in [6.07, 6.45) is 0.912. The van der Waals surface area contributed by atoms with Crippen molar-refractivity contribution in [2.24, 2.45) is 0 Å². The lowest BCUT2D eigenvalue weighted by Gasteiger charge is -2.13. The predicted octanol–water partition coefficient (Wildman–Crippen LogP) is 3.47. The molecule has 0 saturated heterocycles. The average Bonchev–Trinajstić information content (AvgIpc) is 2.79. The van der Waals surface area contributed by atoms with Crippen LogP contribution in [0.15, 0.2) is 10.5 Å². The molecule has 1 atom stereocenters. The van der Waals surface area contributed by atoms with Crippen molar-refractivity contribution >= 4 is 11.3 Å². The van der Waals surface area contributed by atoms with Crippen molar-refractivity contribution in [3.63, 3.8) is 0 Å². The Morgan fingerprint density at radius 3 is 2.50 bits per heavy atom.